The molecular weight excluding hydrogens is 210 g/mol. The summed E-state index contributed by atoms with van der Waals surface area (Å²) >= 11 is 0. The van der Waals surface area contributed by atoms with E-state index >= 15 is 0 Å². The van der Waals surface area contributed by atoms with Crippen LogP contribution in [0.3, 0.4) is 0 Å². The molecule has 1 heterocycles. The summed E-state index contributed by atoms with van der Waals surface area (Å²) in [5.41, 5.74) is 1.15. The maximum Gasteiger partial charge on any atom is 0.134 e. The van der Waals surface area contributed by atoms with Gasteiger partial charge in [0.25, 0.3) is 0 Å². The Kier molecular flexibility index (Phi) is 3.97. The Morgan fingerprint density at radius 2 is 2.18 bits per heavy atom. The molecule has 3 heteroatoms. The Bertz CT molecular complexity index is 353. The van der Waals surface area contributed by atoms with Gasteiger partial charge in [0.1, 0.15) is 11.6 Å². The molecule has 1 aliphatic carbocycles. The lowest BCUT2D eigenvalue weighted by molar-refractivity contribution is 0.335. The minimum atomic E-state index is 0.567. The van der Waals surface area contributed by atoms with Crippen LogP contribution < -0.4 is 5.32 Å². The highest BCUT2D eigenvalue weighted by Crippen LogP contribution is 2.34. The third kappa shape index (κ3) is 2.96. The Morgan fingerprint density at radius 3 is 2.82 bits per heavy atom. The fourth-order valence-electron chi connectivity index (χ4n) is 2.68. The first-order valence-electron chi connectivity index (χ1n) is 6.78. The molecule has 0 aromatic carbocycles. The topological polar surface area (TPSA) is 37.8 Å². The van der Waals surface area contributed by atoms with Crippen LogP contribution in [0.1, 0.15) is 57.0 Å². The molecule has 2 unspecified atom stereocenters. The molecule has 0 saturated heterocycles. The maximum atomic E-state index is 4.71. The zero-order valence-electron chi connectivity index (χ0n) is 11.2. The maximum absolute atomic E-state index is 4.71. The van der Waals surface area contributed by atoms with E-state index < -0.39 is 0 Å². The monoisotopic (exact) mass is 233 g/mol. The molecule has 94 valence electrons. The molecule has 0 bridgehead atoms. The summed E-state index contributed by atoms with van der Waals surface area (Å²) < 4.78 is 0. The first-order valence-corrected chi connectivity index (χ1v) is 6.78. The molecule has 2 rings (SSSR count). The predicted octanol–water partition coefficient (Wildman–Crippen LogP) is 3.37. The second-order valence-electron chi connectivity index (χ2n) is 5.17. The molecular formula is C14H23N3. The second-order valence-corrected chi connectivity index (χ2v) is 5.17. The van der Waals surface area contributed by atoms with Gasteiger partial charge in [0.05, 0.1) is 0 Å². The molecule has 0 radical (unpaired) electrons. The van der Waals surface area contributed by atoms with E-state index in [1.807, 2.05) is 7.05 Å². The van der Waals surface area contributed by atoms with Crippen molar-refractivity contribution in [2.24, 2.45) is 5.92 Å². The Labute approximate surface area is 104 Å². The number of aromatic nitrogens is 2. The van der Waals surface area contributed by atoms with Crippen molar-refractivity contribution < 1.29 is 0 Å². The van der Waals surface area contributed by atoms with E-state index in [0.29, 0.717) is 5.92 Å². The fourth-order valence-corrected chi connectivity index (χ4v) is 2.68. The largest absolute Gasteiger partial charge is 0.373 e. The molecule has 1 aromatic rings. The molecule has 3 nitrogen and oxygen atoms in total. The van der Waals surface area contributed by atoms with Crippen LogP contribution in [-0.4, -0.2) is 17.0 Å². The summed E-state index contributed by atoms with van der Waals surface area (Å²) in [5, 5.41) is 3.14. The Hall–Kier alpha value is -1.12. The molecule has 1 aromatic heterocycles. The van der Waals surface area contributed by atoms with E-state index in [1.165, 1.54) is 25.7 Å². The summed E-state index contributed by atoms with van der Waals surface area (Å²) in [6, 6.07) is 2.05. The lowest BCUT2D eigenvalue weighted by atomic mass is 9.82. The van der Waals surface area contributed by atoms with Gasteiger partial charge in [-0.2, -0.15) is 0 Å². The van der Waals surface area contributed by atoms with Gasteiger partial charge in [0, 0.05) is 24.7 Å². The summed E-state index contributed by atoms with van der Waals surface area (Å²) in [7, 11) is 1.93. The molecule has 1 aliphatic rings. The van der Waals surface area contributed by atoms with E-state index in [0.717, 1.165) is 29.7 Å². The van der Waals surface area contributed by atoms with Crippen LogP contribution in [0.4, 0.5) is 5.82 Å². The number of rotatable bonds is 3. The smallest absolute Gasteiger partial charge is 0.134 e. The quantitative estimate of drug-likeness (QED) is 0.869. The number of anilines is 1. The number of hydrogen-bond donors (Lipinski definition) is 1. The summed E-state index contributed by atoms with van der Waals surface area (Å²) in [6.45, 7) is 4.49. The van der Waals surface area contributed by atoms with Crippen LogP contribution in [0.15, 0.2) is 6.07 Å². The van der Waals surface area contributed by atoms with E-state index in [4.69, 9.17) is 4.98 Å². The molecule has 1 N–H and O–H groups in total. The highest BCUT2D eigenvalue weighted by atomic mass is 15.0. The number of nitrogens with zero attached hydrogens (tertiary/aromatic N) is 2. The van der Waals surface area contributed by atoms with Crippen molar-refractivity contribution in [3.8, 4) is 0 Å². The van der Waals surface area contributed by atoms with Gasteiger partial charge in [-0.25, -0.2) is 9.97 Å². The van der Waals surface area contributed by atoms with Crippen LogP contribution in [0, 0.1) is 5.92 Å². The van der Waals surface area contributed by atoms with Crippen molar-refractivity contribution in [2.75, 3.05) is 12.4 Å². The van der Waals surface area contributed by atoms with Crippen molar-refractivity contribution in [2.45, 2.75) is 51.9 Å². The zero-order valence-corrected chi connectivity index (χ0v) is 11.2. The normalized spacial score (nSPS) is 24.6. The number of hydrogen-bond acceptors (Lipinski definition) is 3. The van der Waals surface area contributed by atoms with Gasteiger partial charge >= 0.3 is 0 Å². The lowest BCUT2D eigenvalue weighted by Crippen LogP contribution is -2.15. The van der Waals surface area contributed by atoms with Gasteiger partial charge in [-0.1, -0.05) is 26.7 Å². The van der Waals surface area contributed by atoms with Gasteiger partial charge in [0.2, 0.25) is 0 Å². The molecule has 1 fully saturated rings. The first-order chi connectivity index (χ1) is 8.22. The van der Waals surface area contributed by atoms with Crippen molar-refractivity contribution in [1.29, 1.82) is 0 Å². The fraction of sp³-hybridized carbons (Fsp3) is 0.714. The standard InChI is InChI=1S/C14H23N3/c1-4-12-9-13(15-3)17-14(16-12)11-7-5-6-10(2)8-11/h9-11H,4-8H2,1-3H3,(H,15,16,17). The molecule has 2 atom stereocenters. The molecule has 0 amide bonds. The van der Waals surface area contributed by atoms with E-state index in [9.17, 15) is 0 Å². The van der Waals surface area contributed by atoms with Crippen molar-refractivity contribution in [1.82, 2.24) is 9.97 Å². The average molecular weight is 233 g/mol. The first kappa shape index (κ1) is 12.3. The van der Waals surface area contributed by atoms with E-state index in [2.05, 4.69) is 30.2 Å². The van der Waals surface area contributed by atoms with E-state index in [1.54, 1.807) is 0 Å². The van der Waals surface area contributed by atoms with Gasteiger partial charge < -0.3 is 5.32 Å². The summed E-state index contributed by atoms with van der Waals surface area (Å²) in [6.07, 6.45) is 6.16. The van der Waals surface area contributed by atoms with Gasteiger partial charge in [-0.15, -0.1) is 0 Å². The minimum Gasteiger partial charge on any atom is -0.373 e. The molecule has 0 aliphatic heterocycles. The van der Waals surface area contributed by atoms with E-state index in [-0.39, 0.29) is 0 Å². The molecule has 17 heavy (non-hydrogen) atoms. The molecule has 0 spiro atoms. The third-order valence-corrected chi connectivity index (χ3v) is 3.72. The Balaban J connectivity index is 2.23. The summed E-state index contributed by atoms with van der Waals surface area (Å²) in [4.78, 5) is 9.34. The zero-order chi connectivity index (χ0) is 12.3. The highest BCUT2D eigenvalue weighted by Gasteiger charge is 2.23. The van der Waals surface area contributed by atoms with Crippen LogP contribution in [0.5, 0.6) is 0 Å². The van der Waals surface area contributed by atoms with Gasteiger partial charge in [-0.3, -0.25) is 0 Å². The lowest BCUT2D eigenvalue weighted by Gasteiger charge is -2.26. The number of nitrogens with one attached hydrogen (secondary N) is 1. The van der Waals surface area contributed by atoms with Crippen molar-refractivity contribution in [3.63, 3.8) is 0 Å². The Morgan fingerprint density at radius 1 is 1.35 bits per heavy atom. The van der Waals surface area contributed by atoms with Crippen LogP contribution in [-0.2, 0) is 6.42 Å². The second kappa shape index (κ2) is 5.48. The number of aryl methyl sites for hydroxylation is 1. The van der Waals surface area contributed by atoms with Crippen molar-refractivity contribution in [3.05, 3.63) is 17.6 Å². The predicted molar refractivity (Wildman–Crippen MR) is 71.3 cm³/mol. The average Bonchev–Trinajstić information content (AvgIpc) is 2.38. The van der Waals surface area contributed by atoms with Crippen LogP contribution in [0.2, 0.25) is 0 Å². The summed E-state index contributed by atoms with van der Waals surface area (Å²) in [5.74, 6) is 3.41. The third-order valence-electron chi connectivity index (χ3n) is 3.72. The molecule has 1 saturated carbocycles. The van der Waals surface area contributed by atoms with Crippen molar-refractivity contribution >= 4 is 5.82 Å². The highest BCUT2D eigenvalue weighted by molar-refractivity contribution is 5.35. The van der Waals surface area contributed by atoms with Crippen LogP contribution in [0.25, 0.3) is 0 Å². The minimum absolute atomic E-state index is 0.567. The van der Waals surface area contributed by atoms with Gasteiger partial charge in [-0.05, 0) is 25.2 Å². The van der Waals surface area contributed by atoms with Gasteiger partial charge in [0.15, 0.2) is 0 Å². The van der Waals surface area contributed by atoms with Crippen LogP contribution >= 0.6 is 0 Å². The SMILES string of the molecule is CCc1cc(NC)nc(C2CCCC(C)C2)n1.